The Morgan fingerprint density at radius 2 is 1.77 bits per heavy atom. The Hall–Kier alpha value is -1.93. The molecule has 1 aliphatic rings. The second-order valence-electron chi connectivity index (χ2n) is 7.24. The number of carbonyl (C=O) groups excluding carboxylic acids is 1. The van der Waals surface area contributed by atoms with Crippen molar-refractivity contribution >= 4 is 50.5 Å². The standard InChI is InChI=1S/C21H23Cl2N3O3S/c1-13-5-3-4-6-16(13)21(27)25-17-7-8-18(20(23)19(17)22)30(28,29)26-14(2)15-9-11-24-12-10-15/h3-8,15,24H,9-12H2,1-2H3,(H,25,27)/b26-14-. The van der Waals surface area contributed by atoms with Crippen molar-refractivity contribution in [3.8, 4) is 0 Å². The van der Waals surface area contributed by atoms with Crippen molar-refractivity contribution in [1.82, 2.24) is 5.32 Å². The van der Waals surface area contributed by atoms with E-state index in [4.69, 9.17) is 23.2 Å². The van der Waals surface area contributed by atoms with E-state index in [0.717, 1.165) is 31.5 Å². The van der Waals surface area contributed by atoms with E-state index >= 15 is 0 Å². The third-order valence-electron chi connectivity index (χ3n) is 5.16. The number of aryl methyl sites for hydroxylation is 1. The van der Waals surface area contributed by atoms with Crippen LogP contribution in [0.15, 0.2) is 45.7 Å². The van der Waals surface area contributed by atoms with E-state index < -0.39 is 10.0 Å². The Kier molecular flexibility index (Phi) is 7.18. The summed E-state index contributed by atoms with van der Waals surface area (Å²) in [5, 5.41) is 5.71. The van der Waals surface area contributed by atoms with Crippen LogP contribution in [0, 0.1) is 12.8 Å². The molecule has 0 saturated carbocycles. The van der Waals surface area contributed by atoms with Gasteiger partial charge in [-0.2, -0.15) is 12.8 Å². The van der Waals surface area contributed by atoms with Crippen LogP contribution in [0.5, 0.6) is 0 Å². The third kappa shape index (κ3) is 5.03. The summed E-state index contributed by atoms with van der Waals surface area (Å²) in [6, 6.07) is 9.85. The molecule has 3 rings (SSSR count). The third-order valence-corrected chi connectivity index (χ3v) is 7.58. The number of sulfonamides is 1. The minimum atomic E-state index is -4.03. The Bertz CT molecular complexity index is 1090. The molecule has 0 spiro atoms. The van der Waals surface area contributed by atoms with E-state index in [9.17, 15) is 13.2 Å². The van der Waals surface area contributed by atoms with E-state index in [0.29, 0.717) is 11.3 Å². The molecule has 2 aromatic carbocycles. The van der Waals surface area contributed by atoms with Crippen molar-refractivity contribution in [2.45, 2.75) is 31.6 Å². The fourth-order valence-electron chi connectivity index (χ4n) is 3.40. The number of anilines is 1. The maximum Gasteiger partial charge on any atom is 0.283 e. The molecule has 1 aliphatic heterocycles. The van der Waals surface area contributed by atoms with Crippen LogP contribution < -0.4 is 10.6 Å². The first-order chi connectivity index (χ1) is 14.2. The van der Waals surface area contributed by atoms with Crippen molar-refractivity contribution < 1.29 is 13.2 Å². The normalized spacial score (nSPS) is 15.8. The Morgan fingerprint density at radius 1 is 1.10 bits per heavy atom. The van der Waals surface area contributed by atoms with Gasteiger partial charge in [-0.3, -0.25) is 4.79 Å². The molecule has 0 unspecified atom stereocenters. The van der Waals surface area contributed by atoms with Crippen LogP contribution >= 0.6 is 23.2 Å². The van der Waals surface area contributed by atoms with Gasteiger partial charge in [-0.1, -0.05) is 41.4 Å². The fourth-order valence-corrected chi connectivity index (χ4v) is 5.32. The van der Waals surface area contributed by atoms with Gasteiger partial charge in [0.25, 0.3) is 15.9 Å². The number of piperidine rings is 1. The SMILES string of the molecule is C/C(=N/S(=O)(=O)c1ccc(NC(=O)c2ccccc2C)c(Cl)c1Cl)C1CCNCC1. The summed E-state index contributed by atoms with van der Waals surface area (Å²) in [6.45, 7) is 5.21. The van der Waals surface area contributed by atoms with Crippen molar-refractivity contribution in [2.24, 2.45) is 10.3 Å². The molecule has 1 fully saturated rings. The van der Waals surface area contributed by atoms with E-state index in [2.05, 4.69) is 15.0 Å². The first-order valence-electron chi connectivity index (χ1n) is 9.58. The lowest BCUT2D eigenvalue weighted by Crippen LogP contribution is -2.31. The number of hydrogen-bond acceptors (Lipinski definition) is 4. The molecule has 0 radical (unpaired) electrons. The molecular formula is C21H23Cl2N3O3S. The minimum absolute atomic E-state index is 0.0469. The second kappa shape index (κ2) is 9.47. The molecule has 0 aromatic heterocycles. The number of halogens is 2. The van der Waals surface area contributed by atoms with Crippen LogP contribution in [0.1, 0.15) is 35.7 Å². The molecule has 1 saturated heterocycles. The Labute approximate surface area is 186 Å². The quantitative estimate of drug-likeness (QED) is 0.623. The van der Waals surface area contributed by atoms with E-state index in [-0.39, 0.29) is 32.5 Å². The highest BCUT2D eigenvalue weighted by Gasteiger charge is 2.24. The van der Waals surface area contributed by atoms with E-state index in [1.807, 2.05) is 19.1 Å². The van der Waals surface area contributed by atoms with Gasteiger partial charge in [0, 0.05) is 17.2 Å². The Balaban J connectivity index is 1.87. The summed E-state index contributed by atoms with van der Waals surface area (Å²) in [5.74, 6) is -0.246. The van der Waals surface area contributed by atoms with Gasteiger partial charge in [-0.25, -0.2) is 0 Å². The van der Waals surface area contributed by atoms with Gasteiger partial charge in [0.2, 0.25) is 0 Å². The minimum Gasteiger partial charge on any atom is -0.321 e. The van der Waals surface area contributed by atoms with Gasteiger partial charge in [-0.15, -0.1) is 0 Å². The Morgan fingerprint density at radius 3 is 2.43 bits per heavy atom. The van der Waals surface area contributed by atoms with Gasteiger partial charge in [0.05, 0.1) is 15.7 Å². The number of nitrogens with one attached hydrogen (secondary N) is 2. The van der Waals surface area contributed by atoms with Crippen molar-refractivity contribution in [3.05, 3.63) is 57.6 Å². The van der Waals surface area contributed by atoms with Gasteiger partial charge >= 0.3 is 0 Å². The highest BCUT2D eigenvalue weighted by molar-refractivity contribution is 7.90. The monoisotopic (exact) mass is 467 g/mol. The molecule has 9 heteroatoms. The second-order valence-corrected chi connectivity index (χ2v) is 9.57. The average molecular weight is 468 g/mol. The van der Waals surface area contributed by atoms with Crippen LogP contribution in [0.2, 0.25) is 10.0 Å². The number of benzene rings is 2. The molecular weight excluding hydrogens is 445 g/mol. The first-order valence-corrected chi connectivity index (χ1v) is 11.8. The van der Waals surface area contributed by atoms with E-state index in [1.165, 1.54) is 12.1 Å². The van der Waals surface area contributed by atoms with Gasteiger partial charge in [-0.05, 0) is 63.5 Å². The topological polar surface area (TPSA) is 87.6 Å². The molecule has 0 aliphatic carbocycles. The van der Waals surface area contributed by atoms with Crippen molar-refractivity contribution in [1.29, 1.82) is 0 Å². The summed E-state index contributed by atoms with van der Waals surface area (Å²) >= 11 is 12.6. The zero-order valence-corrected chi connectivity index (χ0v) is 19.0. The predicted molar refractivity (Wildman–Crippen MR) is 121 cm³/mol. The summed E-state index contributed by atoms with van der Waals surface area (Å²) in [4.78, 5) is 12.4. The zero-order chi connectivity index (χ0) is 21.9. The maximum atomic E-state index is 12.8. The largest absolute Gasteiger partial charge is 0.321 e. The maximum absolute atomic E-state index is 12.8. The first kappa shape index (κ1) is 22.7. The van der Waals surface area contributed by atoms with Crippen LogP contribution in [-0.2, 0) is 10.0 Å². The average Bonchev–Trinajstić information content (AvgIpc) is 2.72. The van der Waals surface area contributed by atoms with Gasteiger partial charge in [0.15, 0.2) is 0 Å². The van der Waals surface area contributed by atoms with Gasteiger partial charge in [0.1, 0.15) is 4.90 Å². The van der Waals surface area contributed by atoms with Crippen LogP contribution in [0.4, 0.5) is 5.69 Å². The number of amides is 1. The van der Waals surface area contributed by atoms with E-state index in [1.54, 1.807) is 19.1 Å². The van der Waals surface area contributed by atoms with Gasteiger partial charge < -0.3 is 10.6 Å². The summed E-state index contributed by atoms with van der Waals surface area (Å²) in [5.41, 5.74) is 2.08. The van der Waals surface area contributed by atoms with Crippen molar-refractivity contribution in [2.75, 3.05) is 18.4 Å². The number of rotatable bonds is 5. The smallest absolute Gasteiger partial charge is 0.283 e. The summed E-state index contributed by atoms with van der Waals surface area (Å²) in [7, 11) is -4.03. The zero-order valence-electron chi connectivity index (χ0n) is 16.7. The molecule has 2 aromatic rings. The summed E-state index contributed by atoms with van der Waals surface area (Å²) < 4.78 is 29.6. The molecule has 30 heavy (non-hydrogen) atoms. The predicted octanol–water partition coefficient (Wildman–Crippen LogP) is 4.70. The van der Waals surface area contributed by atoms with Crippen LogP contribution in [0.3, 0.4) is 0 Å². The number of nitrogens with zero attached hydrogens (tertiary/aromatic N) is 1. The number of carbonyl (C=O) groups is 1. The van der Waals surface area contributed by atoms with Crippen molar-refractivity contribution in [3.63, 3.8) is 0 Å². The molecule has 0 bridgehead atoms. The highest BCUT2D eigenvalue weighted by Crippen LogP contribution is 2.36. The lowest BCUT2D eigenvalue weighted by atomic mass is 9.94. The molecule has 1 heterocycles. The van der Waals surface area contributed by atoms with Crippen LogP contribution in [-0.4, -0.2) is 33.1 Å². The lowest BCUT2D eigenvalue weighted by Gasteiger charge is -2.22. The highest BCUT2D eigenvalue weighted by atomic mass is 35.5. The summed E-state index contributed by atoms with van der Waals surface area (Å²) in [6.07, 6.45) is 1.67. The molecule has 0 atom stereocenters. The van der Waals surface area contributed by atoms with Crippen LogP contribution in [0.25, 0.3) is 0 Å². The molecule has 2 N–H and O–H groups in total. The fraction of sp³-hybridized carbons (Fsp3) is 0.333. The molecule has 160 valence electrons. The molecule has 6 nitrogen and oxygen atoms in total. The lowest BCUT2D eigenvalue weighted by molar-refractivity contribution is 0.102. The molecule has 1 amide bonds. The number of hydrogen-bond donors (Lipinski definition) is 2.